The molecule has 3 rings (SSSR count). The number of rotatable bonds is 5. The highest BCUT2D eigenvalue weighted by atomic mass is 19.1. The highest BCUT2D eigenvalue weighted by Gasteiger charge is 2.30. The van der Waals surface area contributed by atoms with E-state index in [-0.39, 0.29) is 11.9 Å². The van der Waals surface area contributed by atoms with Crippen LogP contribution in [0.1, 0.15) is 38.2 Å². The van der Waals surface area contributed by atoms with Gasteiger partial charge in [-0.25, -0.2) is 4.39 Å². The van der Waals surface area contributed by atoms with Crippen LogP contribution in [-0.4, -0.2) is 12.0 Å². The first-order valence-corrected chi connectivity index (χ1v) is 8.59. The van der Waals surface area contributed by atoms with Crippen molar-refractivity contribution in [3.05, 3.63) is 59.9 Å². The van der Waals surface area contributed by atoms with Gasteiger partial charge in [-0.2, -0.15) is 0 Å². The van der Waals surface area contributed by atoms with E-state index < -0.39 is 17.3 Å². The molecule has 3 N–H and O–H groups in total. The molecule has 2 aromatic rings. The smallest absolute Gasteiger partial charge is 0.248 e. The second-order valence-corrected chi connectivity index (χ2v) is 6.69. The van der Waals surface area contributed by atoms with E-state index in [2.05, 4.69) is 5.32 Å². The second kappa shape index (κ2) is 7.23. The highest BCUT2D eigenvalue weighted by Crippen LogP contribution is 2.28. The van der Waals surface area contributed by atoms with Gasteiger partial charge in [-0.1, -0.05) is 30.3 Å². The minimum Gasteiger partial charge on any atom is -0.487 e. The lowest BCUT2D eigenvalue weighted by Gasteiger charge is -2.24. The molecule has 2 aromatic carbocycles. The maximum atomic E-state index is 14.3. The van der Waals surface area contributed by atoms with Gasteiger partial charge in [-0.3, -0.25) is 4.79 Å². The SMILES string of the molecule is CC(N)(C(=O)Nc1ccc(OC2CCCC2)c(F)c1)c1ccccc1. The maximum Gasteiger partial charge on any atom is 0.248 e. The molecule has 0 aromatic heterocycles. The van der Waals surface area contributed by atoms with Crippen molar-refractivity contribution in [2.75, 3.05) is 5.32 Å². The van der Waals surface area contributed by atoms with Crippen LogP contribution in [0.5, 0.6) is 5.75 Å². The van der Waals surface area contributed by atoms with Crippen molar-refractivity contribution in [1.82, 2.24) is 0 Å². The number of carbonyl (C=O) groups is 1. The van der Waals surface area contributed by atoms with Crippen molar-refractivity contribution in [2.45, 2.75) is 44.2 Å². The Hall–Kier alpha value is -2.40. The molecular formula is C20H23FN2O2. The number of hydrogen-bond donors (Lipinski definition) is 2. The molecule has 1 atom stereocenters. The van der Waals surface area contributed by atoms with Gasteiger partial charge in [0.05, 0.1) is 6.10 Å². The quantitative estimate of drug-likeness (QED) is 0.864. The molecule has 4 nitrogen and oxygen atoms in total. The molecule has 0 saturated heterocycles. The maximum absolute atomic E-state index is 14.3. The van der Waals surface area contributed by atoms with Crippen molar-refractivity contribution in [1.29, 1.82) is 0 Å². The van der Waals surface area contributed by atoms with Crippen LogP contribution in [0.25, 0.3) is 0 Å². The summed E-state index contributed by atoms with van der Waals surface area (Å²) in [5.41, 5.74) is 6.01. The van der Waals surface area contributed by atoms with Crippen molar-refractivity contribution in [3.63, 3.8) is 0 Å². The molecule has 0 spiro atoms. The van der Waals surface area contributed by atoms with Gasteiger partial charge in [-0.05, 0) is 50.3 Å². The van der Waals surface area contributed by atoms with E-state index in [1.165, 1.54) is 6.07 Å². The molecule has 25 heavy (non-hydrogen) atoms. The van der Waals surface area contributed by atoms with Crippen LogP contribution in [0, 0.1) is 5.82 Å². The molecule has 1 aliphatic rings. The van der Waals surface area contributed by atoms with Gasteiger partial charge in [0.15, 0.2) is 11.6 Å². The van der Waals surface area contributed by atoms with Gasteiger partial charge in [0.25, 0.3) is 0 Å². The first-order chi connectivity index (χ1) is 12.0. The molecule has 0 aliphatic heterocycles. The molecule has 1 fully saturated rings. The molecule has 1 unspecified atom stereocenters. The zero-order valence-electron chi connectivity index (χ0n) is 14.3. The lowest BCUT2D eigenvalue weighted by molar-refractivity contribution is -0.120. The van der Waals surface area contributed by atoms with E-state index in [0.717, 1.165) is 25.7 Å². The number of benzene rings is 2. The number of nitrogens with one attached hydrogen (secondary N) is 1. The third-order valence-electron chi connectivity index (χ3n) is 4.63. The van der Waals surface area contributed by atoms with Crippen LogP contribution in [0.2, 0.25) is 0 Å². The average Bonchev–Trinajstić information content (AvgIpc) is 3.11. The number of halogens is 1. The monoisotopic (exact) mass is 342 g/mol. The summed E-state index contributed by atoms with van der Waals surface area (Å²) in [6, 6.07) is 13.5. The summed E-state index contributed by atoms with van der Waals surface area (Å²) in [6.45, 7) is 1.63. The van der Waals surface area contributed by atoms with Gasteiger partial charge < -0.3 is 15.8 Å². The summed E-state index contributed by atoms with van der Waals surface area (Å²) >= 11 is 0. The predicted octanol–water partition coefficient (Wildman–Crippen LogP) is 3.96. The fraction of sp³-hybridized carbons (Fsp3) is 0.350. The summed E-state index contributed by atoms with van der Waals surface area (Å²) in [5, 5.41) is 2.68. The van der Waals surface area contributed by atoms with E-state index >= 15 is 0 Å². The van der Waals surface area contributed by atoms with Crippen LogP contribution < -0.4 is 15.8 Å². The van der Waals surface area contributed by atoms with Gasteiger partial charge in [0.1, 0.15) is 5.54 Å². The van der Waals surface area contributed by atoms with Crippen LogP contribution in [0.3, 0.4) is 0 Å². The normalized spacial score (nSPS) is 17.1. The number of carbonyl (C=O) groups excluding carboxylic acids is 1. The Morgan fingerprint density at radius 2 is 1.88 bits per heavy atom. The van der Waals surface area contributed by atoms with E-state index in [1.807, 2.05) is 18.2 Å². The third kappa shape index (κ3) is 3.99. The Bertz CT molecular complexity index is 741. The van der Waals surface area contributed by atoms with Crippen molar-refractivity contribution in [2.24, 2.45) is 5.73 Å². The zero-order valence-corrected chi connectivity index (χ0v) is 14.3. The Labute approximate surface area is 147 Å². The molecule has 132 valence electrons. The summed E-state index contributed by atoms with van der Waals surface area (Å²) in [7, 11) is 0. The Balaban J connectivity index is 1.70. The summed E-state index contributed by atoms with van der Waals surface area (Å²) in [6.07, 6.45) is 4.24. The molecule has 1 aliphatic carbocycles. The molecule has 1 amide bonds. The lowest BCUT2D eigenvalue weighted by Crippen LogP contribution is -2.45. The van der Waals surface area contributed by atoms with Gasteiger partial charge in [0, 0.05) is 11.8 Å². The van der Waals surface area contributed by atoms with Crippen LogP contribution in [0.15, 0.2) is 48.5 Å². The lowest BCUT2D eigenvalue weighted by atomic mass is 9.92. The summed E-state index contributed by atoms with van der Waals surface area (Å²) in [4.78, 5) is 12.5. The Morgan fingerprint density at radius 3 is 2.52 bits per heavy atom. The van der Waals surface area contributed by atoms with Crippen LogP contribution in [-0.2, 0) is 10.3 Å². The number of anilines is 1. The van der Waals surface area contributed by atoms with E-state index in [4.69, 9.17) is 10.5 Å². The Morgan fingerprint density at radius 1 is 1.20 bits per heavy atom. The average molecular weight is 342 g/mol. The number of hydrogen-bond acceptors (Lipinski definition) is 3. The van der Waals surface area contributed by atoms with E-state index in [0.29, 0.717) is 11.3 Å². The molecular weight excluding hydrogens is 319 g/mol. The van der Waals surface area contributed by atoms with E-state index in [1.54, 1.807) is 31.2 Å². The largest absolute Gasteiger partial charge is 0.487 e. The van der Waals surface area contributed by atoms with Crippen molar-refractivity contribution < 1.29 is 13.9 Å². The zero-order chi connectivity index (χ0) is 17.9. The van der Waals surface area contributed by atoms with Crippen LogP contribution >= 0.6 is 0 Å². The fourth-order valence-electron chi connectivity index (χ4n) is 3.04. The fourth-order valence-corrected chi connectivity index (χ4v) is 3.04. The standard InChI is InChI=1S/C20H23FN2O2/c1-20(22,14-7-3-2-4-8-14)19(24)23-15-11-12-18(17(21)13-15)25-16-9-5-6-10-16/h2-4,7-8,11-13,16H,5-6,9-10,22H2,1H3,(H,23,24). The first kappa shape index (κ1) is 17.4. The minimum atomic E-state index is -1.21. The topological polar surface area (TPSA) is 64.4 Å². The predicted molar refractivity (Wildman–Crippen MR) is 95.9 cm³/mol. The van der Waals surface area contributed by atoms with Crippen molar-refractivity contribution >= 4 is 11.6 Å². The van der Waals surface area contributed by atoms with Crippen molar-refractivity contribution in [3.8, 4) is 5.75 Å². The molecule has 5 heteroatoms. The summed E-state index contributed by atoms with van der Waals surface area (Å²) in [5.74, 6) is -0.658. The van der Waals surface area contributed by atoms with Gasteiger partial charge >= 0.3 is 0 Å². The first-order valence-electron chi connectivity index (χ1n) is 8.59. The molecule has 0 radical (unpaired) electrons. The van der Waals surface area contributed by atoms with Gasteiger partial charge in [-0.15, -0.1) is 0 Å². The molecule has 0 heterocycles. The number of nitrogens with two attached hydrogens (primary N) is 1. The Kier molecular flexibility index (Phi) is 5.04. The summed E-state index contributed by atoms with van der Waals surface area (Å²) < 4.78 is 20.0. The third-order valence-corrected chi connectivity index (χ3v) is 4.63. The molecule has 0 bridgehead atoms. The number of amides is 1. The van der Waals surface area contributed by atoms with Crippen LogP contribution in [0.4, 0.5) is 10.1 Å². The van der Waals surface area contributed by atoms with Gasteiger partial charge in [0.2, 0.25) is 5.91 Å². The molecule has 1 saturated carbocycles. The highest BCUT2D eigenvalue weighted by molar-refractivity contribution is 5.98. The number of ether oxygens (including phenoxy) is 1. The second-order valence-electron chi connectivity index (χ2n) is 6.69. The van der Waals surface area contributed by atoms with E-state index in [9.17, 15) is 9.18 Å². The minimum absolute atomic E-state index is 0.0837.